The molecule has 0 radical (unpaired) electrons. The minimum atomic E-state index is -0.0677. The number of fused-ring (bicyclic) bond motifs is 1. The molecule has 0 aliphatic carbocycles. The van der Waals surface area contributed by atoms with Crippen LogP contribution in [0.25, 0.3) is 10.2 Å². The van der Waals surface area contributed by atoms with E-state index in [1.807, 2.05) is 12.4 Å². The van der Waals surface area contributed by atoms with Crippen molar-refractivity contribution in [2.24, 2.45) is 5.92 Å². The lowest BCUT2D eigenvalue weighted by Crippen LogP contribution is -2.49. The summed E-state index contributed by atoms with van der Waals surface area (Å²) in [6, 6.07) is 2.00. The molecular formula is C19H27N5OS. The number of nitrogens with zero attached hydrogens (tertiary/aromatic N) is 4. The van der Waals surface area contributed by atoms with Crippen molar-refractivity contribution in [1.29, 1.82) is 0 Å². The number of piperidine rings is 1. The molecule has 1 atom stereocenters. The van der Waals surface area contributed by atoms with Crippen molar-refractivity contribution in [2.75, 3.05) is 38.1 Å². The summed E-state index contributed by atoms with van der Waals surface area (Å²) in [5.74, 6) is 1.96. The Hall–Kier alpha value is -1.73. The van der Waals surface area contributed by atoms with Gasteiger partial charge < -0.3 is 15.1 Å². The van der Waals surface area contributed by atoms with E-state index in [9.17, 15) is 4.79 Å². The fourth-order valence-corrected chi connectivity index (χ4v) is 5.01. The second-order valence-electron chi connectivity index (χ2n) is 7.35. The van der Waals surface area contributed by atoms with Crippen molar-refractivity contribution in [3.63, 3.8) is 0 Å². The van der Waals surface area contributed by atoms with Crippen LogP contribution >= 0.6 is 11.3 Å². The van der Waals surface area contributed by atoms with Crippen LogP contribution in [0.1, 0.15) is 32.1 Å². The number of nitrogens with one attached hydrogen (secondary N) is 1. The first-order valence-corrected chi connectivity index (χ1v) is 10.5. The summed E-state index contributed by atoms with van der Waals surface area (Å²) < 4.78 is 0. The zero-order valence-corrected chi connectivity index (χ0v) is 16.2. The molecule has 4 rings (SSSR count). The maximum atomic E-state index is 13.2. The molecule has 2 aliphatic rings. The van der Waals surface area contributed by atoms with E-state index in [0.29, 0.717) is 0 Å². The lowest BCUT2D eigenvalue weighted by molar-refractivity contribution is -0.133. The summed E-state index contributed by atoms with van der Waals surface area (Å²) in [7, 11) is 2.00. The summed E-state index contributed by atoms with van der Waals surface area (Å²) in [6.45, 7) is 3.76. The third-order valence-electron chi connectivity index (χ3n) is 5.78. The van der Waals surface area contributed by atoms with Crippen LogP contribution in [0.4, 0.5) is 5.82 Å². The van der Waals surface area contributed by atoms with Gasteiger partial charge in [-0.2, -0.15) is 0 Å². The van der Waals surface area contributed by atoms with Crippen molar-refractivity contribution in [2.45, 2.75) is 38.1 Å². The first kappa shape index (κ1) is 17.7. The van der Waals surface area contributed by atoms with E-state index in [-0.39, 0.29) is 11.9 Å². The number of rotatable bonds is 5. The smallest absolute Gasteiger partial charge is 0.245 e. The second kappa shape index (κ2) is 7.88. The molecule has 26 heavy (non-hydrogen) atoms. The van der Waals surface area contributed by atoms with Crippen LogP contribution in [0, 0.1) is 5.92 Å². The molecule has 2 aliphatic heterocycles. The van der Waals surface area contributed by atoms with Gasteiger partial charge in [0.05, 0.1) is 5.39 Å². The average Bonchev–Trinajstić information content (AvgIpc) is 3.35. The van der Waals surface area contributed by atoms with Crippen molar-refractivity contribution in [1.82, 2.24) is 20.2 Å². The van der Waals surface area contributed by atoms with E-state index < -0.39 is 0 Å². The van der Waals surface area contributed by atoms with Gasteiger partial charge in [0, 0.05) is 19.6 Å². The Morgan fingerprint density at radius 1 is 1.27 bits per heavy atom. The number of amides is 1. The molecule has 2 aromatic heterocycles. The van der Waals surface area contributed by atoms with E-state index in [1.54, 1.807) is 17.7 Å². The zero-order chi connectivity index (χ0) is 17.9. The molecule has 1 amide bonds. The van der Waals surface area contributed by atoms with Gasteiger partial charge in [0.2, 0.25) is 5.91 Å². The highest BCUT2D eigenvalue weighted by atomic mass is 32.1. The monoisotopic (exact) mass is 373 g/mol. The third kappa shape index (κ3) is 3.42. The summed E-state index contributed by atoms with van der Waals surface area (Å²) in [5.41, 5.74) is 0. The Balaban J connectivity index is 1.45. The van der Waals surface area contributed by atoms with Gasteiger partial charge in [-0.25, -0.2) is 9.97 Å². The van der Waals surface area contributed by atoms with Gasteiger partial charge in [-0.3, -0.25) is 4.79 Å². The van der Waals surface area contributed by atoms with Crippen molar-refractivity contribution < 1.29 is 4.79 Å². The molecule has 0 spiro atoms. The van der Waals surface area contributed by atoms with Crippen LogP contribution in [0.3, 0.4) is 0 Å². The number of hydrogen-bond acceptors (Lipinski definition) is 6. The van der Waals surface area contributed by atoms with Gasteiger partial charge in [0.25, 0.3) is 0 Å². The Morgan fingerprint density at radius 3 is 2.92 bits per heavy atom. The summed E-state index contributed by atoms with van der Waals surface area (Å²) in [6.07, 6.45) is 7.07. The van der Waals surface area contributed by atoms with E-state index in [2.05, 4.69) is 31.2 Å². The highest BCUT2D eigenvalue weighted by Gasteiger charge is 2.36. The lowest BCUT2D eigenvalue weighted by Gasteiger charge is -2.36. The molecule has 7 heteroatoms. The Morgan fingerprint density at radius 2 is 2.12 bits per heavy atom. The maximum Gasteiger partial charge on any atom is 0.245 e. The number of likely N-dealkylation sites (tertiary alicyclic amines) is 1. The first-order valence-electron chi connectivity index (χ1n) is 9.66. The fraction of sp³-hybridized carbons (Fsp3) is 0.632. The molecule has 2 aromatic rings. The number of carbonyl (C=O) groups excluding carboxylic acids is 1. The number of anilines is 1. The number of hydrogen-bond donors (Lipinski definition) is 1. The van der Waals surface area contributed by atoms with Crippen LogP contribution in [-0.2, 0) is 4.79 Å². The van der Waals surface area contributed by atoms with Gasteiger partial charge in [0.1, 0.15) is 23.0 Å². The van der Waals surface area contributed by atoms with Gasteiger partial charge in [-0.05, 0) is 63.1 Å². The maximum absolute atomic E-state index is 13.2. The highest BCUT2D eigenvalue weighted by molar-refractivity contribution is 7.16. The van der Waals surface area contributed by atoms with Crippen molar-refractivity contribution in [3.05, 3.63) is 17.8 Å². The topological polar surface area (TPSA) is 61.4 Å². The number of thiophene rings is 1. The molecule has 6 nitrogen and oxygen atoms in total. The molecule has 1 unspecified atom stereocenters. The minimum Gasteiger partial charge on any atom is -0.344 e. The zero-order valence-electron chi connectivity index (χ0n) is 15.4. The molecule has 2 saturated heterocycles. The third-order valence-corrected chi connectivity index (χ3v) is 6.60. The predicted molar refractivity (Wildman–Crippen MR) is 106 cm³/mol. The van der Waals surface area contributed by atoms with Crippen LogP contribution < -0.4 is 10.2 Å². The van der Waals surface area contributed by atoms with Crippen LogP contribution in [0.2, 0.25) is 0 Å². The number of carbonyl (C=O) groups is 1. The molecule has 4 heterocycles. The van der Waals surface area contributed by atoms with Crippen LogP contribution in [0.15, 0.2) is 17.8 Å². The van der Waals surface area contributed by atoms with E-state index in [4.69, 9.17) is 0 Å². The van der Waals surface area contributed by atoms with Gasteiger partial charge >= 0.3 is 0 Å². The molecule has 0 aromatic carbocycles. The fourth-order valence-electron chi connectivity index (χ4n) is 4.28. The molecule has 2 fully saturated rings. The Kier molecular flexibility index (Phi) is 5.36. The standard InChI is InChI=1S/C19H27N5OS/c1-20-8-4-14-5-10-23(11-6-14)19(25)16-3-2-9-24(16)17-15-7-12-26-18(15)22-13-21-17/h7,12-14,16,20H,2-6,8-11H2,1H3. The molecule has 140 valence electrons. The van der Waals surface area contributed by atoms with Gasteiger partial charge in [-0.15, -0.1) is 11.3 Å². The quantitative estimate of drug-likeness (QED) is 0.873. The minimum absolute atomic E-state index is 0.0677. The normalized spacial score (nSPS) is 21.7. The first-order chi connectivity index (χ1) is 12.8. The highest BCUT2D eigenvalue weighted by Crippen LogP contribution is 2.33. The summed E-state index contributed by atoms with van der Waals surface area (Å²) in [4.78, 5) is 27.4. The van der Waals surface area contributed by atoms with E-state index >= 15 is 0 Å². The average molecular weight is 374 g/mol. The van der Waals surface area contributed by atoms with Crippen molar-refractivity contribution >= 4 is 33.3 Å². The van der Waals surface area contributed by atoms with Gasteiger partial charge in [0.15, 0.2) is 0 Å². The number of aromatic nitrogens is 2. The predicted octanol–water partition coefficient (Wildman–Crippen LogP) is 2.51. The SMILES string of the molecule is CNCCC1CCN(C(=O)C2CCCN2c2ncnc3sccc23)CC1. The van der Waals surface area contributed by atoms with Crippen molar-refractivity contribution in [3.8, 4) is 0 Å². The molecular weight excluding hydrogens is 346 g/mol. The Bertz CT molecular complexity index is 755. The van der Waals surface area contributed by atoms with Crippen LogP contribution in [-0.4, -0.2) is 60.0 Å². The van der Waals surface area contributed by atoms with E-state index in [1.165, 1.54) is 6.42 Å². The second-order valence-corrected chi connectivity index (χ2v) is 8.24. The van der Waals surface area contributed by atoms with Crippen LogP contribution in [0.5, 0.6) is 0 Å². The van der Waals surface area contributed by atoms with Gasteiger partial charge in [-0.1, -0.05) is 0 Å². The molecule has 0 bridgehead atoms. The largest absolute Gasteiger partial charge is 0.344 e. The summed E-state index contributed by atoms with van der Waals surface area (Å²) >= 11 is 1.63. The molecule has 0 saturated carbocycles. The van der Waals surface area contributed by atoms with E-state index in [0.717, 1.165) is 73.8 Å². The summed E-state index contributed by atoms with van der Waals surface area (Å²) in [5, 5.41) is 6.35. The molecule has 1 N–H and O–H groups in total. The Labute approximate surface area is 158 Å². The lowest BCUT2D eigenvalue weighted by atomic mass is 9.93.